The first kappa shape index (κ1) is 19.1. The van der Waals surface area contributed by atoms with E-state index in [2.05, 4.69) is 41.4 Å². The molecular formula is C22H26N2O3. The lowest BCUT2D eigenvalue weighted by Crippen LogP contribution is -2.40. The van der Waals surface area contributed by atoms with Crippen molar-refractivity contribution in [3.63, 3.8) is 0 Å². The molecule has 5 nitrogen and oxygen atoms in total. The van der Waals surface area contributed by atoms with E-state index in [1.54, 1.807) is 24.3 Å². The van der Waals surface area contributed by atoms with Gasteiger partial charge in [0, 0.05) is 30.7 Å². The Kier molecular flexibility index (Phi) is 6.24. The standard InChI is InChI=1S/C22H26N2O3/c1-16(18-7-4-3-5-8-18)24-12-11-20(14-24)23-22(26)15-27-21-10-6-9-19(13-21)17(2)25/h3-10,13,16,20H,11-12,14-15H2,1-2H3,(H,23,26). The van der Waals surface area contributed by atoms with Crippen LogP contribution in [0.1, 0.15) is 42.2 Å². The summed E-state index contributed by atoms with van der Waals surface area (Å²) in [4.78, 5) is 26.0. The summed E-state index contributed by atoms with van der Waals surface area (Å²) in [6.07, 6.45) is 0.933. The molecule has 142 valence electrons. The summed E-state index contributed by atoms with van der Waals surface area (Å²) in [7, 11) is 0. The van der Waals surface area contributed by atoms with E-state index >= 15 is 0 Å². The number of likely N-dealkylation sites (tertiary alicyclic amines) is 1. The third-order valence-corrected chi connectivity index (χ3v) is 5.02. The van der Waals surface area contributed by atoms with Gasteiger partial charge in [0.25, 0.3) is 5.91 Å². The molecule has 2 aromatic carbocycles. The van der Waals surface area contributed by atoms with Crippen LogP contribution in [-0.2, 0) is 4.79 Å². The monoisotopic (exact) mass is 366 g/mol. The van der Waals surface area contributed by atoms with Crippen molar-refractivity contribution in [1.29, 1.82) is 0 Å². The van der Waals surface area contributed by atoms with Crippen LogP contribution in [0.3, 0.4) is 0 Å². The van der Waals surface area contributed by atoms with Crippen LogP contribution in [0.5, 0.6) is 5.75 Å². The van der Waals surface area contributed by atoms with Crippen molar-refractivity contribution in [2.75, 3.05) is 19.7 Å². The van der Waals surface area contributed by atoms with Crippen LogP contribution in [0.15, 0.2) is 54.6 Å². The van der Waals surface area contributed by atoms with Crippen molar-refractivity contribution in [2.24, 2.45) is 0 Å². The molecule has 2 atom stereocenters. The summed E-state index contributed by atoms with van der Waals surface area (Å²) in [6.45, 7) is 5.45. The van der Waals surface area contributed by atoms with Crippen LogP contribution in [0, 0.1) is 0 Å². The Bertz CT molecular complexity index is 791. The maximum atomic E-state index is 12.2. The van der Waals surface area contributed by atoms with Crippen molar-refractivity contribution in [1.82, 2.24) is 10.2 Å². The average Bonchev–Trinajstić information content (AvgIpc) is 3.15. The smallest absolute Gasteiger partial charge is 0.258 e. The minimum absolute atomic E-state index is 0.0246. The Morgan fingerprint density at radius 3 is 2.70 bits per heavy atom. The van der Waals surface area contributed by atoms with Gasteiger partial charge in [-0.25, -0.2) is 0 Å². The minimum atomic E-state index is -0.137. The number of benzene rings is 2. The SMILES string of the molecule is CC(=O)c1cccc(OCC(=O)NC2CCN(C(C)c3ccccc3)C2)c1. The normalized spacial score (nSPS) is 18.1. The molecule has 0 radical (unpaired) electrons. The quantitative estimate of drug-likeness (QED) is 0.765. The Morgan fingerprint density at radius 1 is 1.19 bits per heavy atom. The van der Waals surface area contributed by atoms with Gasteiger partial charge >= 0.3 is 0 Å². The summed E-state index contributed by atoms with van der Waals surface area (Å²) < 4.78 is 5.53. The summed E-state index contributed by atoms with van der Waals surface area (Å²) in [5.74, 6) is 0.370. The number of rotatable bonds is 7. The van der Waals surface area contributed by atoms with Crippen molar-refractivity contribution in [3.05, 3.63) is 65.7 Å². The lowest BCUT2D eigenvalue weighted by Gasteiger charge is -2.24. The molecule has 0 spiro atoms. The fourth-order valence-corrected chi connectivity index (χ4v) is 3.42. The molecule has 1 aliphatic heterocycles. The van der Waals surface area contributed by atoms with E-state index in [9.17, 15) is 9.59 Å². The number of nitrogens with one attached hydrogen (secondary N) is 1. The molecule has 2 unspecified atom stereocenters. The molecule has 3 rings (SSSR count). The van der Waals surface area contributed by atoms with Gasteiger partial charge < -0.3 is 10.1 Å². The van der Waals surface area contributed by atoms with Crippen molar-refractivity contribution < 1.29 is 14.3 Å². The number of carbonyl (C=O) groups is 2. The summed E-state index contributed by atoms with van der Waals surface area (Å²) in [5, 5.41) is 3.05. The largest absolute Gasteiger partial charge is 0.484 e. The first-order valence-electron chi connectivity index (χ1n) is 9.35. The minimum Gasteiger partial charge on any atom is -0.484 e. The second-order valence-electron chi connectivity index (χ2n) is 7.01. The number of carbonyl (C=O) groups excluding carboxylic acids is 2. The van der Waals surface area contributed by atoms with Gasteiger partial charge in [-0.15, -0.1) is 0 Å². The van der Waals surface area contributed by atoms with Crippen LogP contribution in [0.4, 0.5) is 0 Å². The predicted molar refractivity (Wildman–Crippen MR) is 105 cm³/mol. The molecule has 2 aromatic rings. The lowest BCUT2D eigenvalue weighted by molar-refractivity contribution is -0.123. The first-order valence-corrected chi connectivity index (χ1v) is 9.35. The topological polar surface area (TPSA) is 58.6 Å². The Labute approximate surface area is 160 Å². The maximum absolute atomic E-state index is 12.2. The maximum Gasteiger partial charge on any atom is 0.258 e. The number of hydrogen-bond donors (Lipinski definition) is 1. The molecule has 27 heavy (non-hydrogen) atoms. The highest BCUT2D eigenvalue weighted by Gasteiger charge is 2.27. The van der Waals surface area contributed by atoms with E-state index in [4.69, 9.17) is 4.74 Å². The van der Waals surface area contributed by atoms with E-state index in [1.807, 2.05) is 6.07 Å². The van der Waals surface area contributed by atoms with Gasteiger partial charge in [-0.1, -0.05) is 42.5 Å². The zero-order valence-electron chi connectivity index (χ0n) is 15.9. The fourth-order valence-electron chi connectivity index (χ4n) is 3.42. The Hall–Kier alpha value is -2.66. The molecule has 1 fully saturated rings. The van der Waals surface area contributed by atoms with Crippen LogP contribution >= 0.6 is 0 Å². The number of ketones is 1. The van der Waals surface area contributed by atoms with Crippen LogP contribution in [0.2, 0.25) is 0 Å². The number of hydrogen-bond acceptors (Lipinski definition) is 4. The van der Waals surface area contributed by atoms with Crippen molar-refractivity contribution in [2.45, 2.75) is 32.4 Å². The predicted octanol–water partition coefficient (Wildman–Crippen LogP) is 3.22. The van der Waals surface area contributed by atoms with E-state index in [1.165, 1.54) is 12.5 Å². The van der Waals surface area contributed by atoms with Gasteiger partial charge in [0.2, 0.25) is 0 Å². The zero-order chi connectivity index (χ0) is 19.2. The van der Waals surface area contributed by atoms with Crippen molar-refractivity contribution >= 4 is 11.7 Å². The summed E-state index contributed by atoms with van der Waals surface area (Å²) in [5.41, 5.74) is 1.87. The zero-order valence-corrected chi connectivity index (χ0v) is 15.9. The summed E-state index contributed by atoms with van der Waals surface area (Å²) in [6, 6.07) is 17.8. The number of Topliss-reactive ketones (excluding diaryl/α,β-unsaturated/α-hetero) is 1. The molecule has 1 amide bonds. The third-order valence-electron chi connectivity index (χ3n) is 5.02. The molecule has 1 saturated heterocycles. The van der Waals surface area contributed by atoms with Gasteiger partial charge in [0.05, 0.1) is 0 Å². The molecule has 1 N–H and O–H groups in total. The van der Waals surface area contributed by atoms with Crippen molar-refractivity contribution in [3.8, 4) is 5.75 Å². The molecular weight excluding hydrogens is 340 g/mol. The van der Waals surface area contributed by atoms with E-state index in [-0.39, 0.29) is 24.3 Å². The molecule has 0 bridgehead atoms. The van der Waals surface area contributed by atoms with Gasteiger partial charge in [-0.3, -0.25) is 14.5 Å². The second-order valence-corrected chi connectivity index (χ2v) is 7.01. The molecule has 5 heteroatoms. The van der Waals surface area contributed by atoms with Gasteiger partial charge in [-0.05, 0) is 38.0 Å². The van der Waals surface area contributed by atoms with Crippen LogP contribution in [0.25, 0.3) is 0 Å². The first-order chi connectivity index (χ1) is 13.0. The average molecular weight is 366 g/mol. The highest BCUT2D eigenvalue weighted by molar-refractivity contribution is 5.94. The number of ether oxygens (including phenoxy) is 1. The molecule has 1 aliphatic rings. The van der Waals surface area contributed by atoms with Crippen LogP contribution in [-0.4, -0.2) is 42.3 Å². The van der Waals surface area contributed by atoms with E-state index in [0.29, 0.717) is 17.4 Å². The number of nitrogens with zero attached hydrogens (tertiary/aromatic N) is 1. The van der Waals surface area contributed by atoms with E-state index in [0.717, 1.165) is 19.5 Å². The molecule has 0 aliphatic carbocycles. The van der Waals surface area contributed by atoms with E-state index < -0.39 is 0 Å². The van der Waals surface area contributed by atoms with Gasteiger partial charge in [0.1, 0.15) is 5.75 Å². The Balaban J connectivity index is 1.46. The second kappa shape index (κ2) is 8.82. The fraction of sp³-hybridized carbons (Fsp3) is 0.364. The third kappa shape index (κ3) is 5.17. The van der Waals surface area contributed by atoms with Gasteiger partial charge in [-0.2, -0.15) is 0 Å². The molecule has 0 aromatic heterocycles. The highest BCUT2D eigenvalue weighted by atomic mass is 16.5. The lowest BCUT2D eigenvalue weighted by atomic mass is 10.1. The Morgan fingerprint density at radius 2 is 1.96 bits per heavy atom. The molecule has 1 heterocycles. The van der Waals surface area contributed by atoms with Crippen LogP contribution < -0.4 is 10.1 Å². The highest BCUT2D eigenvalue weighted by Crippen LogP contribution is 2.24. The summed E-state index contributed by atoms with van der Waals surface area (Å²) >= 11 is 0. The molecule has 0 saturated carbocycles. The number of amides is 1. The van der Waals surface area contributed by atoms with Gasteiger partial charge in [0.15, 0.2) is 12.4 Å².